The molecule has 0 saturated heterocycles. The molecule has 3 N–H and O–H groups in total. The largest absolute Gasteiger partial charge is 0.508 e. The number of hydrogen-bond acceptors (Lipinski definition) is 4. The molecule has 0 aliphatic carbocycles. The number of phenolic OH excluding ortho intramolecular Hbond substituents is 1. The molecule has 1 atom stereocenters. The Balaban J connectivity index is 1.75. The molecular formula is C20H25NO4. The van der Waals surface area contributed by atoms with E-state index in [0.717, 1.165) is 11.1 Å². The number of benzene rings is 2. The first-order valence-corrected chi connectivity index (χ1v) is 8.36. The molecule has 0 aliphatic rings. The lowest BCUT2D eigenvalue weighted by molar-refractivity contribution is -0.123. The Morgan fingerprint density at radius 2 is 1.80 bits per heavy atom. The highest BCUT2D eigenvalue weighted by molar-refractivity contribution is 5.77. The molecule has 2 rings (SSSR count). The monoisotopic (exact) mass is 343 g/mol. The SMILES string of the molecule is C[C@](CO)(NC(=O)CCCOCc1ccccc1)c1ccc(O)cc1. The summed E-state index contributed by atoms with van der Waals surface area (Å²) in [6.07, 6.45) is 0.929. The summed E-state index contributed by atoms with van der Waals surface area (Å²) in [6, 6.07) is 16.3. The molecule has 5 nitrogen and oxygen atoms in total. The van der Waals surface area contributed by atoms with Crippen LogP contribution in [-0.2, 0) is 21.7 Å². The van der Waals surface area contributed by atoms with E-state index in [-0.39, 0.29) is 18.3 Å². The topological polar surface area (TPSA) is 78.8 Å². The summed E-state index contributed by atoms with van der Waals surface area (Å²) in [5.74, 6) is -0.00105. The Bertz CT molecular complexity index is 657. The van der Waals surface area contributed by atoms with Crippen LogP contribution in [-0.4, -0.2) is 29.3 Å². The molecule has 0 saturated carbocycles. The molecule has 0 fully saturated rings. The van der Waals surface area contributed by atoms with Gasteiger partial charge in [-0.25, -0.2) is 0 Å². The lowest BCUT2D eigenvalue weighted by atomic mass is 9.92. The molecule has 134 valence electrons. The van der Waals surface area contributed by atoms with Gasteiger partial charge in [-0.3, -0.25) is 4.79 Å². The second kappa shape index (κ2) is 9.20. The average molecular weight is 343 g/mol. The summed E-state index contributed by atoms with van der Waals surface area (Å²) in [5.41, 5.74) is 0.962. The van der Waals surface area contributed by atoms with Gasteiger partial charge in [0.05, 0.1) is 18.8 Å². The molecule has 2 aromatic carbocycles. The van der Waals surface area contributed by atoms with Crippen LogP contribution in [0.1, 0.15) is 30.9 Å². The van der Waals surface area contributed by atoms with Crippen molar-refractivity contribution in [1.29, 1.82) is 0 Å². The predicted molar refractivity (Wildman–Crippen MR) is 96.0 cm³/mol. The summed E-state index contributed by atoms with van der Waals surface area (Å²) in [6.45, 7) is 2.55. The highest BCUT2D eigenvalue weighted by atomic mass is 16.5. The van der Waals surface area contributed by atoms with Crippen molar-refractivity contribution in [1.82, 2.24) is 5.32 Å². The van der Waals surface area contributed by atoms with Gasteiger partial charge < -0.3 is 20.3 Å². The van der Waals surface area contributed by atoms with Crippen LogP contribution in [0.5, 0.6) is 5.75 Å². The smallest absolute Gasteiger partial charge is 0.220 e. The quantitative estimate of drug-likeness (QED) is 0.612. The highest BCUT2D eigenvalue weighted by Crippen LogP contribution is 2.22. The molecule has 0 radical (unpaired) electrons. The first kappa shape index (κ1) is 19.0. The third-order valence-electron chi connectivity index (χ3n) is 4.04. The number of aliphatic hydroxyl groups excluding tert-OH is 1. The van der Waals surface area contributed by atoms with Crippen LogP contribution in [0.25, 0.3) is 0 Å². The van der Waals surface area contributed by atoms with Crippen molar-refractivity contribution in [3.05, 3.63) is 65.7 Å². The number of rotatable bonds is 9. The van der Waals surface area contributed by atoms with E-state index in [1.165, 1.54) is 12.1 Å². The van der Waals surface area contributed by atoms with Crippen LogP contribution in [0.3, 0.4) is 0 Å². The molecular weight excluding hydrogens is 318 g/mol. The number of carbonyl (C=O) groups excluding carboxylic acids is 1. The fraction of sp³-hybridized carbons (Fsp3) is 0.350. The van der Waals surface area contributed by atoms with E-state index in [1.54, 1.807) is 19.1 Å². The van der Waals surface area contributed by atoms with Crippen LogP contribution in [0.15, 0.2) is 54.6 Å². The fourth-order valence-corrected chi connectivity index (χ4v) is 2.50. The molecule has 0 heterocycles. The van der Waals surface area contributed by atoms with E-state index in [9.17, 15) is 15.0 Å². The number of ether oxygens (including phenoxy) is 1. The maximum Gasteiger partial charge on any atom is 0.220 e. The lowest BCUT2D eigenvalue weighted by Gasteiger charge is -2.29. The highest BCUT2D eigenvalue weighted by Gasteiger charge is 2.27. The number of phenols is 1. The molecule has 0 unspecified atom stereocenters. The molecule has 25 heavy (non-hydrogen) atoms. The zero-order chi connectivity index (χ0) is 18.1. The van der Waals surface area contributed by atoms with Crippen molar-refractivity contribution >= 4 is 5.91 Å². The molecule has 0 aliphatic heterocycles. The van der Waals surface area contributed by atoms with Gasteiger partial charge >= 0.3 is 0 Å². The summed E-state index contributed by atoms with van der Waals surface area (Å²) in [4.78, 5) is 12.2. The lowest BCUT2D eigenvalue weighted by Crippen LogP contribution is -2.46. The van der Waals surface area contributed by atoms with E-state index in [1.807, 2.05) is 30.3 Å². The third kappa shape index (κ3) is 5.89. The van der Waals surface area contributed by atoms with Crippen LogP contribution < -0.4 is 5.32 Å². The second-order valence-electron chi connectivity index (χ2n) is 6.23. The number of carbonyl (C=O) groups is 1. The van der Waals surface area contributed by atoms with Gasteiger partial charge in [-0.05, 0) is 36.6 Å². The zero-order valence-corrected chi connectivity index (χ0v) is 14.4. The number of hydrogen-bond donors (Lipinski definition) is 3. The van der Waals surface area contributed by atoms with Crippen molar-refractivity contribution in [2.24, 2.45) is 0 Å². The molecule has 5 heteroatoms. The number of amides is 1. The van der Waals surface area contributed by atoms with Crippen molar-refractivity contribution < 1.29 is 19.7 Å². The first-order chi connectivity index (χ1) is 12.0. The number of aliphatic hydroxyl groups is 1. The zero-order valence-electron chi connectivity index (χ0n) is 14.4. The van der Waals surface area contributed by atoms with Crippen LogP contribution in [0, 0.1) is 0 Å². The second-order valence-corrected chi connectivity index (χ2v) is 6.23. The fourth-order valence-electron chi connectivity index (χ4n) is 2.50. The normalized spacial score (nSPS) is 13.2. The van der Waals surface area contributed by atoms with Gasteiger partial charge in [-0.15, -0.1) is 0 Å². The van der Waals surface area contributed by atoms with Crippen molar-refractivity contribution in [2.45, 2.75) is 31.9 Å². The summed E-state index contributed by atoms with van der Waals surface area (Å²) in [5, 5.41) is 21.9. The minimum absolute atomic E-state index is 0.144. The van der Waals surface area contributed by atoms with Crippen molar-refractivity contribution in [3.63, 3.8) is 0 Å². The van der Waals surface area contributed by atoms with Crippen LogP contribution in [0.4, 0.5) is 0 Å². The Morgan fingerprint density at radius 3 is 2.44 bits per heavy atom. The first-order valence-electron chi connectivity index (χ1n) is 8.36. The van der Waals surface area contributed by atoms with Gasteiger partial charge in [0.1, 0.15) is 5.75 Å². The van der Waals surface area contributed by atoms with Gasteiger partial charge in [0, 0.05) is 13.0 Å². The minimum atomic E-state index is -0.879. The van der Waals surface area contributed by atoms with E-state index < -0.39 is 5.54 Å². The Hall–Kier alpha value is -2.37. The maximum absolute atomic E-state index is 12.2. The van der Waals surface area contributed by atoms with Crippen LogP contribution >= 0.6 is 0 Å². The maximum atomic E-state index is 12.2. The van der Waals surface area contributed by atoms with Gasteiger partial charge in [0.2, 0.25) is 5.91 Å². The average Bonchev–Trinajstić information content (AvgIpc) is 2.62. The van der Waals surface area contributed by atoms with E-state index in [2.05, 4.69) is 5.32 Å². The summed E-state index contributed by atoms with van der Waals surface area (Å²) < 4.78 is 5.57. The molecule has 0 aromatic heterocycles. The summed E-state index contributed by atoms with van der Waals surface area (Å²) in [7, 11) is 0. The van der Waals surface area contributed by atoms with E-state index in [4.69, 9.17) is 4.74 Å². The van der Waals surface area contributed by atoms with Crippen molar-refractivity contribution in [2.75, 3.05) is 13.2 Å². The van der Waals surface area contributed by atoms with Gasteiger partial charge in [0.15, 0.2) is 0 Å². The third-order valence-corrected chi connectivity index (χ3v) is 4.04. The Kier molecular flexibility index (Phi) is 6.98. The minimum Gasteiger partial charge on any atom is -0.508 e. The number of nitrogens with one attached hydrogen (secondary N) is 1. The molecule has 0 bridgehead atoms. The Labute approximate surface area is 148 Å². The van der Waals surface area contributed by atoms with Crippen LogP contribution in [0.2, 0.25) is 0 Å². The van der Waals surface area contributed by atoms with Gasteiger partial charge in [-0.1, -0.05) is 42.5 Å². The van der Waals surface area contributed by atoms with Gasteiger partial charge in [-0.2, -0.15) is 0 Å². The van der Waals surface area contributed by atoms with Crippen molar-refractivity contribution in [3.8, 4) is 5.75 Å². The number of aromatic hydroxyl groups is 1. The van der Waals surface area contributed by atoms with Gasteiger partial charge in [0.25, 0.3) is 0 Å². The molecule has 1 amide bonds. The standard InChI is InChI=1S/C20H25NO4/c1-20(15-22,17-9-11-18(23)12-10-17)21-19(24)8-5-13-25-14-16-6-3-2-4-7-16/h2-4,6-7,9-12,22-23H,5,8,13-15H2,1H3,(H,21,24)/t20-/m1/s1. The molecule has 0 spiro atoms. The van der Waals surface area contributed by atoms with E-state index >= 15 is 0 Å². The summed E-state index contributed by atoms with van der Waals surface area (Å²) >= 11 is 0. The molecule has 2 aromatic rings. The Morgan fingerprint density at radius 1 is 1.12 bits per heavy atom. The predicted octanol–water partition coefficient (Wildman–Crippen LogP) is 2.71. The van der Waals surface area contributed by atoms with E-state index in [0.29, 0.717) is 26.1 Å².